The maximum absolute atomic E-state index is 11.4. The van der Waals surface area contributed by atoms with Gasteiger partial charge in [0.15, 0.2) is 0 Å². The van der Waals surface area contributed by atoms with Crippen LogP contribution in [0, 0.1) is 13.8 Å². The minimum Gasteiger partial charge on any atom is -0.267 e. The maximum atomic E-state index is 11.4. The predicted molar refractivity (Wildman–Crippen MR) is 69.0 cm³/mol. The summed E-state index contributed by atoms with van der Waals surface area (Å²) in [6.07, 6.45) is 2.50. The zero-order valence-corrected chi connectivity index (χ0v) is 10.4. The van der Waals surface area contributed by atoms with E-state index in [1.807, 2.05) is 13.0 Å². The van der Waals surface area contributed by atoms with Crippen LogP contribution >= 0.6 is 0 Å². The molecule has 1 heterocycles. The first-order valence-corrected chi connectivity index (χ1v) is 5.71. The summed E-state index contributed by atoms with van der Waals surface area (Å²) < 4.78 is 0. The molecular weight excluding hydrogens is 212 g/mol. The molecule has 0 spiro atoms. The van der Waals surface area contributed by atoms with Crippen molar-refractivity contribution in [3.8, 4) is 0 Å². The molecule has 0 saturated carbocycles. The van der Waals surface area contributed by atoms with Crippen LogP contribution in [0.2, 0.25) is 0 Å². The van der Waals surface area contributed by atoms with Gasteiger partial charge in [0, 0.05) is 6.42 Å². The Balaban J connectivity index is 2.22. The monoisotopic (exact) mass is 228 g/mol. The highest BCUT2D eigenvalue weighted by atomic mass is 16.2. The Morgan fingerprint density at radius 3 is 2.71 bits per heavy atom. The van der Waals surface area contributed by atoms with Crippen molar-refractivity contribution in [2.75, 3.05) is 0 Å². The normalized spacial score (nSPS) is 17.2. The highest BCUT2D eigenvalue weighted by molar-refractivity contribution is 6.25. The van der Waals surface area contributed by atoms with Crippen LogP contribution in [0.4, 0.5) is 0 Å². The highest BCUT2D eigenvalue weighted by Gasteiger charge is 2.21. The van der Waals surface area contributed by atoms with Gasteiger partial charge in [0.25, 0.3) is 5.91 Å². The number of hydrogen-bond donors (Lipinski definition) is 1. The molecule has 0 radical (unpaired) electrons. The van der Waals surface area contributed by atoms with E-state index in [2.05, 4.69) is 42.6 Å². The Bertz CT molecular complexity index is 527. The summed E-state index contributed by atoms with van der Waals surface area (Å²) >= 11 is 0. The van der Waals surface area contributed by atoms with E-state index in [-0.39, 0.29) is 5.91 Å². The molecule has 1 aromatic carbocycles. The molecule has 1 aliphatic rings. The van der Waals surface area contributed by atoms with E-state index in [0.717, 1.165) is 5.71 Å². The van der Waals surface area contributed by atoms with E-state index in [1.54, 1.807) is 0 Å². The fraction of sp³-hybridized carbons (Fsp3) is 0.286. The Morgan fingerprint density at radius 2 is 2.06 bits per heavy atom. The minimum absolute atomic E-state index is 0.105. The lowest BCUT2D eigenvalue weighted by Gasteiger charge is -2.05. The zero-order chi connectivity index (χ0) is 12.4. The third kappa shape index (κ3) is 2.28. The van der Waals surface area contributed by atoms with Gasteiger partial charge in [-0.2, -0.15) is 5.10 Å². The average Bonchev–Trinajstić information content (AvgIpc) is 2.64. The zero-order valence-electron chi connectivity index (χ0n) is 10.4. The van der Waals surface area contributed by atoms with Gasteiger partial charge in [-0.3, -0.25) is 4.79 Å². The molecule has 0 saturated heterocycles. The van der Waals surface area contributed by atoms with Crippen LogP contribution in [0.1, 0.15) is 23.6 Å². The topological polar surface area (TPSA) is 41.5 Å². The van der Waals surface area contributed by atoms with Gasteiger partial charge in [-0.05, 0) is 37.5 Å². The molecule has 0 aromatic heterocycles. The first-order chi connectivity index (χ1) is 8.11. The van der Waals surface area contributed by atoms with Crippen LogP contribution < -0.4 is 5.43 Å². The number of carbonyl (C=O) groups is 1. The lowest BCUT2D eigenvalue weighted by Crippen LogP contribution is -2.13. The van der Waals surface area contributed by atoms with Crippen molar-refractivity contribution in [2.24, 2.45) is 5.10 Å². The summed E-state index contributed by atoms with van der Waals surface area (Å²) in [7, 11) is 0. The first-order valence-electron chi connectivity index (χ1n) is 5.71. The number of amides is 1. The van der Waals surface area contributed by atoms with Gasteiger partial charge in [-0.15, -0.1) is 0 Å². The second-order valence-corrected chi connectivity index (χ2v) is 4.30. The quantitative estimate of drug-likeness (QED) is 0.775. The van der Waals surface area contributed by atoms with Crippen molar-refractivity contribution in [2.45, 2.75) is 27.2 Å². The van der Waals surface area contributed by atoms with Crippen LogP contribution in [0.3, 0.4) is 0 Å². The summed E-state index contributed by atoms with van der Waals surface area (Å²) in [4.78, 5) is 11.4. The Labute approximate surface area is 101 Å². The van der Waals surface area contributed by atoms with Crippen LogP contribution in [0.5, 0.6) is 0 Å². The number of hydrazone groups is 1. The Morgan fingerprint density at radius 1 is 1.29 bits per heavy atom. The average molecular weight is 228 g/mol. The molecule has 3 nitrogen and oxygen atoms in total. The van der Waals surface area contributed by atoms with Gasteiger partial charge in [0.05, 0.1) is 11.3 Å². The number of rotatable bonds is 2. The first kappa shape index (κ1) is 11.6. The van der Waals surface area contributed by atoms with Crippen molar-refractivity contribution in [1.29, 1.82) is 0 Å². The lowest BCUT2D eigenvalue weighted by molar-refractivity contribution is -0.116. The standard InChI is InChI=1S/C14H16N2O/c1-4-12-13(15-16-14(12)17)8-11-6-5-9(2)10(3)7-11/h4-7H,8H2,1-3H3,(H,16,17)/b12-4+. The Kier molecular flexibility index (Phi) is 3.09. The molecule has 1 aliphatic heterocycles. The van der Waals surface area contributed by atoms with Crippen molar-refractivity contribution in [3.63, 3.8) is 0 Å². The second-order valence-electron chi connectivity index (χ2n) is 4.30. The van der Waals surface area contributed by atoms with Gasteiger partial charge in [0.1, 0.15) is 0 Å². The number of benzene rings is 1. The van der Waals surface area contributed by atoms with E-state index < -0.39 is 0 Å². The van der Waals surface area contributed by atoms with E-state index in [1.165, 1.54) is 16.7 Å². The molecule has 0 atom stereocenters. The summed E-state index contributed by atoms with van der Waals surface area (Å²) in [6, 6.07) is 6.33. The number of allylic oxidation sites excluding steroid dienone is 1. The summed E-state index contributed by atoms with van der Waals surface area (Å²) in [5.41, 5.74) is 7.73. The van der Waals surface area contributed by atoms with E-state index >= 15 is 0 Å². The van der Waals surface area contributed by atoms with E-state index in [0.29, 0.717) is 12.0 Å². The lowest BCUT2D eigenvalue weighted by atomic mass is 9.99. The SMILES string of the molecule is C/C=C1/C(=O)NN=C1Cc1ccc(C)c(C)c1. The van der Waals surface area contributed by atoms with Gasteiger partial charge >= 0.3 is 0 Å². The molecule has 0 aliphatic carbocycles. The van der Waals surface area contributed by atoms with Gasteiger partial charge in [-0.1, -0.05) is 24.3 Å². The van der Waals surface area contributed by atoms with Crippen LogP contribution in [-0.4, -0.2) is 11.6 Å². The largest absolute Gasteiger partial charge is 0.272 e. The van der Waals surface area contributed by atoms with E-state index in [9.17, 15) is 4.79 Å². The molecule has 17 heavy (non-hydrogen) atoms. The molecule has 0 unspecified atom stereocenters. The van der Waals surface area contributed by atoms with Crippen LogP contribution in [0.15, 0.2) is 34.9 Å². The Hall–Kier alpha value is -1.90. The van der Waals surface area contributed by atoms with Crippen molar-refractivity contribution in [1.82, 2.24) is 5.43 Å². The predicted octanol–water partition coefficient (Wildman–Crippen LogP) is 2.28. The molecular formula is C14H16N2O. The molecule has 1 aromatic rings. The maximum Gasteiger partial charge on any atom is 0.272 e. The number of nitrogens with zero attached hydrogens (tertiary/aromatic N) is 1. The second kappa shape index (κ2) is 4.53. The number of hydrogen-bond acceptors (Lipinski definition) is 2. The van der Waals surface area contributed by atoms with Crippen LogP contribution in [0.25, 0.3) is 0 Å². The number of carbonyl (C=O) groups excluding carboxylic acids is 1. The van der Waals surface area contributed by atoms with Crippen molar-refractivity contribution >= 4 is 11.6 Å². The molecule has 2 rings (SSSR count). The highest BCUT2D eigenvalue weighted by Crippen LogP contribution is 2.15. The molecule has 0 bridgehead atoms. The third-order valence-electron chi connectivity index (χ3n) is 3.08. The van der Waals surface area contributed by atoms with Crippen LogP contribution in [-0.2, 0) is 11.2 Å². The summed E-state index contributed by atoms with van der Waals surface area (Å²) in [5, 5.41) is 4.07. The van der Waals surface area contributed by atoms with E-state index in [4.69, 9.17) is 0 Å². The molecule has 0 fully saturated rings. The third-order valence-corrected chi connectivity index (χ3v) is 3.08. The summed E-state index contributed by atoms with van der Waals surface area (Å²) in [6.45, 7) is 6.04. The number of aryl methyl sites for hydroxylation is 2. The van der Waals surface area contributed by atoms with Gasteiger partial charge < -0.3 is 0 Å². The van der Waals surface area contributed by atoms with Gasteiger partial charge in [-0.25, -0.2) is 5.43 Å². The smallest absolute Gasteiger partial charge is 0.267 e. The van der Waals surface area contributed by atoms with Crippen molar-refractivity contribution in [3.05, 3.63) is 46.5 Å². The fourth-order valence-corrected chi connectivity index (χ4v) is 1.91. The molecule has 1 N–H and O–H groups in total. The minimum atomic E-state index is -0.105. The molecule has 88 valence electrons. The molecule has 1 amide bonds. The number of nitrogens with one attached hydrogen (secondary N) is 1. The summed E-state index contributed by atoms with van der Waals surface area (Å²) in [5.74, 6) is -0.105. The molecule has 3 heteroatoms. The fourth-order valence-electron chi connectivity index (χ4n) is 1.91. The van der Waals surface area contributed by atoms with Crippen molar-refractivity contribution < 1.29 is 4.79 Å². The van der Waals surface area contributed by atoms with Gasteiger partial charge in [0.2, 0.25) is 0 Å².